The van der Waals surface area contributed by atoms with Crippen molar-refractivity contribution in [1.82, 2.24) is 35.1 Å². The van der Waals surface area contributed by atoms with E-state index in [0.29, 0.717) is 5.92 Å². The van der Waals surface area contributed by atoms with E-state index in [1.165, 1.54) is 0 Å². The van der Waals surface area contributed by atoms with Crippen LogP contribution in [0.1, 0.15) is 13.8 Å². The molecule has 0 aliphatic rings. The highest BCUT2D eigenvalue weighted by Gasteiger charge is 2.15. The third-order valence-corrected chi connectivity index (χ3v) is 6.24. The van der Waals surface area contributed by atoms with Crippen LogP contribution in [0.4, 0.5) is 5.69 Å². The molecule has 6 heterocycles. The van der Waals surface area contributed by atoms with Crippen molar-refractivity contribution < 1.29 is 0 Å². The Morgan fingerprint density at radius 1 is 0.833 bits per heavy atom. The number of nitrogens with one attached hydrogen (secondary N) is 3. The largest absolute Gasteiger partial charge is 0.358 e. The summed E-state index contributed by atoms with van der Waals surface area (Å²) in [7, 11) is 0. The average Bonchev–Trinajstić information content (AvgIpc) is 3.53. The van der Waals surface area contributed by atoms with Gasteiger partial charge in [-0.3, -0.25) is 25.0 Å². The van der Waals surface area contributed by atoms with Crippen molar-refractivity contribution in [2.45, 2.75) is 13.8 Å². The Bertz CT molecular complexity index is 1710. The molecular formula is C28H24N8. The second-order valence-electron chi connectivity index (χ2n) is 8.99. The molecule has 176 valence electrons. The molecule has 0 aromatic carbocycles. The third kappa shape index (κ3) is 3.88. The van der Waals surface area contributed by atoms with Crippen molar-refractivity contribution in [1.29, 1.82) is 0 Å². The highest BCUT2D eigenvalue weighted by Crippen LogP contribution is 2.34. The lowest BCUT2D eigenvalue weighted by Crippen LogP contribution is -2.04. The summed E-state index contributed by atoms with van der Waals surface area (Å²) in [5.41, 5.74) is 9.03. The molecule has 6 aromatic rings. The normalized spacial score (nSPS) is 11.4. The molecule has 0 aliphatic heterocycles. The Morgan fingerprint density at radius 2 is 1.67 bits per heavy atom. The van der Waals surface area contributed by atoms with Gasteiger partial charge in [0.2, 0.25) is 0 Å². The van der Waals surface area contributed by atoms with E-state index >= 15 is 0 Å². The second-order valence-corrected chi connectivity index (χ2v) is 8.99. The van der Waals surface area contributed by atoms with Crippen LogP contribution >= 0.6 is 0 Å². The highest BCUT2D eigenvalue weighted by atomic mass is 15.1. The summed E-state index contributed by atoms with van der Waals surface area (Å²) in [6.45, 7) is 8.30. The SMILES string of the molecule is C=C(Nc1cncc(-c2cc3c(-c4cc5c(-c6ccncc6)nccc5[nH]4)n[nH]c3cn2)c1)C(C)C. The van der Waals surface area contributed by atoms with E-state index in [9.17, 15) is 0 Å². The molecule has 36 heavy (non-hydrogen) atoms. The lowest BCUT2D eigenvalue weighted by molar-refractivity contribution is 0.778. The molecule has 0 fully saturated rings. The first-order valence-corrected chi connectivity index (χ1v) is 11.7. The van der Waals surface area contributed by atoms with E-state index in [1.807, 2.05) is 42.7 Å². The first kappa shape index (κ1) is 21.7. The van der Waals surface area contributed by atoms with Gasteiger partial charge in [-0.1, -0.05) is 20.4 Å². The van der Waals surface area contributed by atoms with Gasteiger partial charge in [0, 0.05) is 57.9 Å². The van der Waals surface area contributed by atoms with Crippen LogP contribution in [0.3, 0.4) is 0 Å². The molecular weight excluding hydrogens is 448 g/mol. The first-order chi connectivity index (χ1) is 17.6. The van der Waals surface area contributed by atoms with Crippen LogP contribution in [0.15, 0.2) is 85.9 Å². The van der Waals surface area contributed by atoms with Crippen molar-refractivity contribution in [2.24, 2.45) is 5.92 Å². The molecule has 6 rings (SSSR count). The zero-order valence-corrected chi connectivity index (χ0v) is 19.9. The van der Waals surface area contributed by atoms with Crippen molar-refractivity contribution in [3.8, 4) is 33.9 Å². The van der Waals surface area contributed by atoms with Gasteiger partial charge in [0.05, 0.1) is 40.7 Å². The minimum absolute atomic E-state index is 0.321. The molecule has 6 aromatic heterocycles. The number of hydrogen-bond donors (Lipinski definition) is 3. The van der Waals surface area contributed by atoms with Crippen molar-refractivity contribution >= 4 is 27.5 Å². The van der Waals surface area contributed by atoms with Gasteiger partial charge in [0.15, 0.2) is 0 Å². The second kappa shape index (κ2) is 8.74. The summed E-state index contributed by atoms with van der Waals surface area (Å²) >= 11 is 0. The van der Waals surface area contributed by atoms with Gasteiger partial charge in [0.25, 0.3) is 0 Å². The first-order valence-electron chi connectivity index (χ1n) is 11.7. The number of aromatic nitrogens is 7. The van der Waals surface area contributed by atoms with E-state index in [1.54, 1.807) is 24.8 Å². The highest BCUT2D eigenvalue weighted by molar-refractivity contribution is 6.00. The predicted molar refractivity (Wildman–Crippen MR) is 143 cm³/mol. The standard InChI is InChI=1S/C28H24N8/c1-16(2)17(3)33-20-10-19(13-30-14-20)24-11-22-26(15-32-24)35-36-28(22)25-12-21-23(34-25)6-9-31-27(21)18-4-7-29-8-5-18/h4-16,33-34H,3H2,1-2H3,(H,35,36). The lowest BCUT2D eigenvalue weighted by atomic mass is 10.1. The third-order valence-electron chi connectivity index (χ3n) is 6.24. The smallest absolute Gasteiger partial charge is 0.116 e. The maximum atomic E-state index is 4.65. The minimum atomic E-state index is 0.321. The number of aromatic amines is 2. The molecule has 0 radical (unpaired) electrons. The number of anilines is 1. The number of fused-ring (bicyclic) bond motifs is 2. The Hall–Kier alpha value is -4.85. The average molecular weight is 473 g/mol. The fourth-order valence-corrected chi connectivity index (χ4v) is 4.18. The van der Waals surface area contributed by atoms with Crippen molar-refractivity contribution in [3.63, 3.8) is 0 Å². The topological polar surface area (TPSA) is 108 Å². The van der Waals surface area contributed by atoms with Gasteiger partial charge in [-0.2, -0.15) is 5.10 Å². The summed E-state index contributed by atoms with van der Waals surface area (Å²) in [5, 5.41) is 13.0. The summed E-state index contributed by atoms with van der Waals surface area (Å²) in [5.74, 6) is 0.321. The van der Waals surface area contributed by atoms with Gasteiger partial charge < -0.3 is 10.3 Å². The maximum absolute atomic E-state index is 4.65. The molecule has 0 aliphatic carbocycles. The van der Waals surface area contributed by atoms with Gasteiger partial charge >= 0.3 is 0 Å². The fourth-order valence-electron chi connectivity index (χ4n) is 4.18. The summed E-state index contributed by atoms with van der Waals surface area (Å²) in [6.07, 6.45) is 10.8. The summed E-state index contributed by atoms with van der Waals surface area (Å²) in [6, 6.07) is 12.1. The molecule has 0 bridgehead atoms. The van der Waals surface area contributed by atoms with Gasteiger partial charge in [-0.05, 0) is 42.3 Å². The predicted octanol–water partition coefficient (Wildman–Crippen LogP) is 6.21. The van der Waals surface area contributed by atoms with E-state index in [4.69, 9.17) is 0 Å². The number of rotatable bonds is 6. The Morgan fingerprint density at radius 3 is 2.50 bits per heavy atom. The minimum Gasteiger partial charge on any atom is -0.358 e. The fraction of sp³-hybridized carbons (Fsp3) is 0.107. The number of pyridine rings is 4. The van der Waals surface area contributed by atoms with Crippen LogP contribution in [0.25, 0.3) is 55.7 Å². The summed E-state index contributed by atoms with van der Waals surface area (Å²) < 4.78 is 0. The van der Waals surface area contributed by atoms with Crippen LogP contribution in [0, 0.1) is 5.92 Å². The molecule has 0 atom stereocenters. The summed E-state index contributed by atoms with van der Waals surface area (Å²) in [4.78, 5) is 21.3. The van der Waals surface area contributed by atoms with Crippen molar-refractivity contribution in [3.05, 3.63) is 85.9 Å². The van der Waals surface area contributed by atoms with E-state index < -0.39 is 0 Å². The maximum Gasteiger partial charge on any atom is 0.116 e. The number of H-pyrrole nitrogens is 2. The molecule has 0 spiro atoms. The van der Waals surface area contributed by atoms with Crippen LogP contribution in [0.5, 0.6) is 0 Å². The number of nitrogens with zero attached hydrogens (tertiary/aromatic N) is 5. The van der Waals surface area contributed by atoms with E-state index in [-0.39, 0.29) is 0 Å². The van der Waals surface area contributed by atoms with Gasteiger partial charge in [0.1, 0.15) is 5.69 Å². The van der Waals surface area contributed by atoms with Gasteiger partial charge in [-0.15, -0.1) is 0 Å². The lowest BCUT2D eigenvalue weighted by Gasteiger charge is -2.13. The van der Waals surface area contributed by atoms with E-state index in [0.717, 1.165) is 67.1 Å². The Labute approximate surface area is 207 Å². The molecule has 8 heteroatoms. The zero-order chi connectivity index (χ0) is 24.6. The van der Waals surface area contributed by atoms with Crippen LogP contribution in [-0.4, -0.2) is 35.1 Å². The molecule has 0 saturated carbocycles. The number of allylic oxidation sites excluding steroid dienone is 1. The van der Waals surface area contributed by atoms with E-state index in [2.05, 4.69) is 66.9 Å². The Kier molecular flexibility index (Phi) is 5.26. The molecule has 3 N–H and O–H groups in total. The van der Waals surface area contributed by atoms with Crippen LogP contribution < -0.4 is 5.32 Å². The monoisotopic (exact) mass is 472 g/mol. The van der Waals surface area contributed by atoms with Gasteiger partial charge in [-0.25, -0.2) is 0 Å². The van der Waals surface area contributed by atoms with Crippen LogP contribution in [0.2, 0.25) is 0 Å². The number of hydrogen-bond acceptors (Lipinski definition) is 6. The molecule has 0 unspecified atom stereocenters. The molecule has 0 saturated heterocycles. The quantitative estimate of drug-likeness (QED) is 0.266. The molecule has 0 amide bonds. The van der Waals surface area contributed by atoms with Crippen molar-refractivity contribution in [2.75, 3.05) is 5.32 Å². The Balaban J connectivity index is 1.41. The zero-order valence-electron chi connectivity index (χ0n) is 19.9. The molecule has 8 nitrogen and oxygen atoms in total. The van der Waals surface area contributed by atoms with Crippen LogP contribution in [-0.2, 0) is 0 Å².